The summed E-state index contributed by atoms with van der Waals surface area (Å²) in [4.78, 5) is 28.1. The number of likely N-dealkylation sites (N-methyl/N-ethyl adjacent to an activating group) is 1. The number of nitrogens with zero attached hydrogens (tertiary/aromatic N) is 1. The first-order chi connectivity index (χ1) is 18.5. The van der Waals surface area contributed by atoms with Crippen molar-refractivity contribution in [2.24, 2.45) is 5.41 Å². The second kappa shape index (κ2) is 11.6. The molecule has 0 saturated heterocycles. The average Bonchev–Trinajstić information content (AvgIpc) is 2.86. The van der Waals surface area contributed by atoms with Gasteiger partial charge in [-0.05, 0) is 34.7 Å². The number of amides is 3. The Morgan fingerprint density at radius 1 is 0.725 bits per heavy atom. The van der Waals surface area contributed by atoms with E-state index >= 15 is 0 Å². The highest BCUT2D eigenvalue weighted by atomic mass is 19.4. The maximum absolute atomic E-state index is 13.8. The number of rotatable bonds is 6. The van der Waals surface area contributed by atoms with Crippen molar-refractivity contribution in [2.75, 3.05) is 12.4 Å². The molecule has 11 heteroatoms. The van der Waals surface area contributed by atoms with Crippen molar-refractivity contribution in [1.29, 1.82) is 0 Å². The van der Waals surface area contributed by atoms with Gasteiger partial charge in [0.15, 0.2) is 0 Å². The number of carbonyl (C=O) groups excluding carboxylic acids is 2. The number of hydrogen-bond acceptors (Lipinski definition) is 2. The van der Waals surface area contributed by atoms with E-state index < -0.39 is 58.6 Å². The topological polar surface area (TPSA) is 61.4 Å². The number of alkyl halides is 6. The number of nitrogens with one attached hydrogen (secondary N) is 2. The number of urea groups is 1. The maximum atomic E-state index is 13.8. The summed E-state index contributed by atoms with van der Waals surface area (Å²) in [5.41, 5.74) is -3.16. The van der Waals surface area contributed by atoms with Crippen LogP contribution in [-0.4, -0.2) is 29.9 Å². The van der Waals surface area contributed by atoms with Crippen molar-refractivity contribution >= 4 is 17.6 Å². The zero-order valence-electron chi connectivity index (χ0n) is 22.2. The molecule has 40 heavy (non-hydrogen) atoms. The molecule has 0 aliphatic rings. The Hall–Kier alpha value is -4.02. The van der Waals surface area contributed by atoms with E-state index in [4.69, 9.17) is 0 Å². The van der Waals surface area contributed by atoms with Crippen LogP contribution < -0.4 is 10.6 Å². The molecule has 0 aromatic heterocycles. The highest BCUT2D eigenvalue weighted by Gasteiger charge is 2.39. The largest absolute Gasteiger partial charge is 0.416 e. The monoisotopic (exact) mass is 565 g/mol. The second-order valence-corrected chi connectivity index (χ2v) is 10.4. The molecule has 0 bridgehead atoms. The van der Waals surface area contributed by atoms with Gasteiger partial charge in [-0.15, -0.1) is 0 Å². The summed E-state index contributed by atoms with van der Waals surface area (Å²) in [6.45, 7) is 5.03. The van der Waals surface area contributed by atoms with Gasteiger partial charge in [-0.25, -0.2) is 4.79 Å². The Morgan fingerprint density at radius 3 is 1.52 bits per heavy atom. The molecule has 0 aliphatic carbocycles. The Kier molecular flexibility index (Phi) is 8.86. The summed E-state index contributed by atoms with van der Waals surface area (Å²) in [6, 6.07) is 16.2. The highest BCUT2D eigenvalue weighted by molar-refractivity contribution is 5.94. The number of anilines is 1. The molecule has 0 saturated carbocycles. The lowest BCUT2D eigenvalue weighted by molar-refractivity contribution is -0.143. The van der Waals surface area contributed by atoms with Crippen molar-refractivity contribution < 1.29 is 35.9 Å². The molecular weight excluding hydrogens is 536 g/mol. The molecule has 214 valence electrons. The fourth-order valence-electron chi connectivity index (χ4n) is 4.22. The van der Waals surface area contributed by atoms with Crippen molar-refractivity contribution in [3.05, 3.63) is 101 Å². The lowest BCUT2D eigenvalue weighted by Crippen LogP contribution is -2.55. The molecule has 0 unspecified atom stereocenters. The van der Waals surface area contributed by atoms with Crippen LogP contribution in [0.15, 0.2) is 78.9 Å². The van der Waals surface area contributed by atoms with Crippen LogP contribution in [0.2, 0.25) is 0 Å². The van der Waals surface area contributed by atoms with Gasteiger partial charge in [-0.2, -0.15) is 26.3 Å². The molecule has 0 aliphatic heterocycles. The van der Waals surface area contributed by atoms with Crippen LogP contribution in [0.3, 0.4) is 0 Å². The highest BCUT2D eigenvalue weighted by Crippen LogP contribution is 2.37. The molecule has 3 aromatic rings. The van der Waals surface area contributed by atoms with E-state index in [-0.39, 0.29) is 6.07 Å². The van der Waals surface area contributed by atoms with Gasteiger partial charge >= 0.3 is 18.4 Å². The molecule has 3 aromatic carbocycles. The zero-order chi connectivity index (χ0) is 29.9. The van der Waals surface area contributed by atoms with E-state index in [9.17, 15) is 35.9 Å². The van der Waals surface area contributed by atoms with Crippen molar-refractivity contribution in [3.63, 3.8) is 0 Å². The maximum Gasteiger partial charge on any atom is 0.416 e. The Labute approximate surface area is 228 Å². The predicted octanol–water partition coefficient (Wildman–Crippen LogP) is 7.51. The first-order valence-corrected chi connectivity index (χ1v) is 12.2. The van der Waals surface area contributed by atoms with E-state index in [2.05, 4.69) is 5.32 Å². The predicted molar refractivity (Wildman–Crippen MR) is 139 cm³/mol. The quantitative estimate of drug-likeness (QED) is 0.304. The number of halogens is 6. The van der Waals surface area contributed by atoms with Gasteiger partial charge in [0.25, 0.3) is 0 Å². The van der Waals surface area contributed by atoms with Crippen molar-refractivity contribution in [3.8, 4) is 0 Å². The molecule has 2 N–H and O–H groups in total. The minimum absolute atomic E-state index is 0.0349. The minimum atomic E-state index is -5.08. The Morgan fingerprint density at radius 2 is 1.15 bits per heavy atom. The summed E-state index contributed by atoms with van der Waals surface area (Å²) >= 11 is 0. The Balaban J connectivity index is 1.92. The van der Waals surface area contributed by atoms with Gasteiger partial charge in [0, 0.05) is 12.7 Å². The molecule has 3 rings (SSSR count). The van der Waals surface area contributed by atoms with Gasteiger partial charge in [0.1, 0.15) is 6.04 Å². The molecule has 0 heterocycles. The van der Waals surface area contributed by atoms with Gasteiger partial charge in [0.05, 0.1) is 17.2 Å². The smallest absolute Gasteiger partial charge is 0.333 e. The summed E-state index contributed by atoms with van der Waals surface area (Å²) in [6.07, 6.45) is -10.2. The SMILES string of the molecule is CN(C(=O)[C@H](NC(=O)Nc1cc(C(F)(F)F)cc(C(F)(F)F)c1)C(C)(C)C)C(c1ccccc1)c1ccccc1. The molecule has 0 spiro atoms. The second-order valence-electron chi connectivity index (χ2n) is 10.4. The lowest BCUT2D eigenvalue weighted by Gasteiger charge is -2.37. The van der Waals surface area contributed by atoms with Crippen molar-refractivity contribution in [1.82, 2.24) is 10.2 Å². The fourth-order valence-corrected chi connectivity index (χ4v) is 4.22. The van der Waals surface area contributed by atoms with Crippen LogP contribution in [0, 0.1) is 5.41 Å². The van der Waals surface area contributed by atoms with Crippen LogP contribution in [0.5, 0.6) is 0 Å². The van der Waals surface area contributed by atoms with Crippen LogP contribution in [-0.2, 0) is 17.1 Å². The van der Waals surface area contributed by atoms with E-state index in [1.807, 2.05) is 66.0 Å². The minimum Gasteiger partial charge on any atom is -0.333 e. The number of benzene rings is 3. The van der Waals surface area contributed by atoms with Gasteiger partial charge in [0.2, 0.25) is 5.91 Å². The first-order valence-electron chi connectivity index (χ1n) is 12.2. The first kappa shape index (κ1) is 30.5. The molecule has 3 amide bonds. The third-order valence-corrected chi connectivity index (χ3v) is 6.20. The molecule has 5 nitrogen and oxygen atoms in total. The van der Waals surface area contributed by atoms with E-state index in [1.165, 1.54) is 4.90 Å². The average molecular weight is 566 g/mol. The summed E-state index contributed by atoms with van der Waals surface area (Å²) in [7, 11) is 1.56. The van der Waals surface area contributed by atoms with Crippen LogP contribution >= 0.6 is 0 Å². The standard InChI is InChI=1S/C29H29F6N3O2/c1-27(2,3)24(25(39)38(4)23(18-11-7-5-8-12-18)19-13-9-6-10-14-19)37-26(40)36-22-16-20(28(30,31)32)15-21(17-22)29(33,34)35/h5-17,23-24H,1-4H3,(H2,36,37,40)/t24-/m0/s1. The molecule has 0 radical (unpaired) electrons. The van der Waals surface area contributed by atoms with Gasteiger partial charge < -0.3 is 15.5 Å². The van der Waals surface area contributed by atoms with E-state index in [0.717, 1.165) is 11.1 Å². The third kappa shape index (κ3) is 7.55. The summed E-state index contributed by atoms with van der Waals surface area (Å²) < 4.78 is 79.5. The van der Waals surface area contributed by atoms with E-state index in [1.54, 1.807) is 27.8 Å². The summed E-state index contributed by atoms with van der Waals surface area (Å²) in [5, 5.41) is 4.49. The van der Waals surface area contributed by atoms with E-state index in [0.29, 0.717) is 12.1 Å². The fraction of sp³-hybridized carbons (Fsp3) is 0.310. The number of carbonyl (C=O) groups is 2. The molecular formula is C29H29F6N3O2. The lowest BCUT2D eigenvalue weighted by atomic mass is 9.85. The van der Waals surface area contributed by atoms with Crippen LogP contribution in [0.4, 0.5) is 36.8 Å². The third-order valence-electron chi connectivity index (χ3n) is 6.20. The molecule has 1 atom stereocenters. The molecule has 0 fully saturated rings. The summed E-state index contributed by atoms with van der Waals surface area (Å²) in [5.74, 6) is -0.514. The zero-order valence-corrected chi connectivity index (χ0v) is 22.2. The van der Waals surface area contributed by atoms with Crippen LogP contribution in [0.1, 0.15) is 49.1 Å². The van der Waals surface area contributed by atoms with Crippen LogP contribution in [0.25, 0.3) is 0 Å². The number of hydrogen-bond donors (Lipinski definition) is 2. The van der Waals surface area contributed by atoms with Gasteiger partial charge in [-0.1, -0.05) is 81.4 Å². The normalized spacial score (nSPS) is 13.1. The Bertz CT molecular complexity index is 1250. The van der Waals surface area contributed by atoms with Gasteiger partial charge in [-0.3, -0.25) is 4.79 Å². The van der Waals surface area contributed by atoms with Crippen molar-refractivity contribution in [2.45, 2.75) is 45.2 Å².